The summed E-state index contributed by atoms with van der Waals surface area (Å²) in [6.07, 6.45) is 0.478. The van der Waals surface area contributed by atoms with Crippen LogP contribution < -0.4 is 4.90 Å². The largest absolute Gasteiger partial charge is 0.299 e. The molecule has 3 nitrogen and oxygen atoms in total. The molecule has 4 heteroatoms. The van der Waals surface area contributed by atoms with E-state index in [1.165, 1.54) is 0 Å². The lowest BCUT2D eigenvalue weighted by atomic mass is 10.2. The third-order valence-electron chi connectivity index (χ3n) is 1.96. The first kappa shape index (κ1) is 7.73. The molecule has 0 saturated heterocycles. The van der Waals surface area contributed by atoms with E-state index < -0.39 is 0 Å². The number of carbonyl (C=O) groups excluding carboxylic acids is 1. The summed E-state index contributed by atoms with van der Waals surface area (Å²) in [5.41, 5.74) is 1.01. The Kier molecular flexibility index (Phi) is 1.65. The number of pyridine rings is 1. The predicted molar refractivity (Wildman–Crippen MR) is 49.1 cm³/mol. The first-order valence-corrected chi connectivity index (χ1v) is 4.40. The zero-order valence-corrected chi connectivity index (χ0v) is 8.13. The third kappa shape index (κ3) is 1.03. The summed E-state index contributed by atoms with van der Waals surface area (Å²) in [6.45, 7) is 0. The molecule has 12 heavy (non-hydrogen) atoms. The molecule has 2 rings (SSSR count). The lowest BCUT2D eigenvalue weighted by Gasteiger charge is -2.07. The zero-order chi connectivity index (χ0) is 8.72. The summed E-state index contributed by atoms with van der Waals surface area (Å²) >= 11 is 3.26. The second kappa shape index (κ2) is 2.55. The van der Waals surface area contributed by atoms with Gasteiger partial charge in [-0.1, -0.05) is 6.07 Å². The van der Waals surface area contributed by atoms with Crippen molar-refractivity contribution in [3.8, 4) is 0 Å². The van der Waals surface area contributed by atoms with Gasteiger partial charge in [0.2, 0.25) is 5.91 Å². The van der Waals surface area contributed by atoms with Crippen LogP contribution in [0, 0.1) is 0 Å². The van der Waals surface area contributed by atoms with Gasteiger partial charge in [0, 0.05) is 12.6 Å². The molecule has 0 saturated carbocycles. The molecule has 0 unspecified atom stereocenters. The number of halogens is 1. The van der Waals surface area contributed by atoms with Crippen molar-refractivity contribution in [2.75, 3.05) is 11.9 Å². The lowest BCUT2D eigenvalue weighted by molar-refractivity contribution is -0.117. The van der Waals surface area contributed by atoms with Gasteiger partial charge in [-0.15, -0.1) is 0 Å². The molecule has 1 aromatic rings. The molecule has 1 aliphatic heterocycles. The second-order valence-corrected chi connectivity index (χ2v) is 3.56. The smallest absolute Gasteiger partial charge is 0.232 e. The van der Waals surface area contributed by atoms with Gasteiger partial charge in [-0.3, -0.25) is 9.69 Å². The molecule has 0 aliphatic carbocycles. The van der Waals surface area contributed by atoms with Crippen LogP contribution in [0.5, 0.6) is 0 Å². The Bertz CT molecular complexity index is 351. The van der Waals surface area contributed by atoms with Crippen molar-refractivity contribution < 1.29 is 4.79 Å². The van der Waals surface area contributed by atoms with E-state index in [-0.39, 0.29) is 5.91 Å². The molecule has 0 atom stereocenters. The SMILES string of the molecule is CN1C(=O)Cc2ccc(Br)nc21. The fourth-order valence-electron chi connectivity index (χ4n) is 1.28. The number of anilines is 1. The van der Waals surface area contributed by atoms with Crippen LogP contribution in [0.4, 0.5) is 5.82 Å². The minimum absolute atomic E-state index is 0.107. The van der Waals surface area contributed by atoms with E-state index in [0.29, 0.717) is 6.42 Å². The highest BCUT2D eigenvalue weighted by molar-refractivity contribution is 9.10. The Morgan fingerprint density at radius 3 is 3.08 bits per heavy atom. The van der Waals surface area contributed by atoms with Crippen molar-refractivity contribution in [3.05, 3.63) is 22.3 Å². The molecule has 0 fully saturated rings. The Balaban J connectivity index is 2.55. The quantitative estimate of drug-likeness (QED) is 0.627. The van der Waals surface area contributed by atoms with Crippen molar-refractivity contribution in [2.45, 2.75) is 6.42 Å². The number of fused-ring (bicyclic) bond motifs is 1. The highest BCUT2D eigenvalue weighted by atomic mass is 79.9. The summed E-state index contributed by atoms with van der Waals surface area (Å²) in [5.74, 6) is 0.880. The maximum Gasteiger partial charge on any atom is 0.232 e. The molecule has 0 spiro atoms. The van der Waals surface area contributed by atoms with Gasteiger partial charge in [-0.05, 0) is 22.0 Å². The molecule has 0 radical (unpaired) electrons. The number of likely N-dealkylation sites (N-methyl/N-ethyl adjacent to an activating group) is 1. The van der Waals surface area contributed by atoms with E-state index in [1.807, 2.05) is 12.1 Å². The minimum Gasteiger partial charge on any atom is -0.299 e. The molecule has 1 aliphatic rings. The molecular formula is C8H7BrN2O. The molecule has 1 aromatic heterocycles. The summed E-state index contributed by atoms with van der Waals surface area (Å²) in [7, 11) is 1.74. The van der Waals surface area contributed by atoms with E-state index in [4.69, 9.17) is 0 Å². The van der Waals surface area contributed by atoms with Crippen LogP contribution in [0.1, 0.15) is 5.56 Å². The number of nitrogens with zero attached hydrogens (tertiary/aromatic N) is 2. The topological polar surface area (TPSA) is 33.2 Å². The van der Waals surface area contributed by atoms with Crippen molar-refractivity contribution in [1.29, 1.82) is 0 Å². The van der Waals surface area contributed by atoms with Crippen molar-refractivity contribution in [1.82, 2.24) is 4.98 Å². The van der Waals surface area contributed by atoms with Crippen LogP contribution in [-0.4, -0.2) is 17.9 Å². The predicted octanol–water partition coefficient (Wildman–Crippen LogP) is 1.36. The van der Waals surface area contributed by atoms with E-state index >= 15 is 0 Å². The second-order valence-electron chi connectivity index (χ2n) is 2.75. The van der Waals surface area contributed by atoms with Gasteiger partial charge in [-0.2, -0.15) is 0 Å². The average molecular weight is 227 g/mol. The van der Waals surface area contributed by atoms with Crippen molar-refractivity contribution in [2.24, 2.45) is 0 Å². The number of amides is 1. The molecular weight excluding hydrogens is 220 g/mol. The van der Waals surface area contributed by atoms with Crippen LogP contribution in [0.3, 0.4) is 0 Å². The normalized spacial score (nSPS) is 15.2. The van der Waals surface area contributed by atoms with E-state index in [1.54, 1.807) is 11.9 Å². The Morgan fingerprint density at radius 2 is 2.33 bits per heavy atom. The highest BCUT2D eigenvalue weighted by Crippen LogP contribution is 2.26. The zero-order valence-electron chi connectivity index (χ0n) is 6.54. The standard InChI is InChI=1S/C8H7BrN2O/c1-11-7(12)4-5-2-3-6(9)10-8(5)11/h2-3H,4H2,1H3. The van der Waals surface area contributed by atoms with Gasteiger partial charge < -0.3 is 0 Å². The minimum atomic E-state index is 0.107. The number of hydrogen-bond acceptors (Lipinski definition) is 2. The summed E-state index contributed by atoms with van der Waals surface area (Å²) in [4.78, 5) is 17.0. The fourth-order valence-corrected chi connectivity index (χ4v) is 1.58. The van der Waals surface area contributed by atoms with Crippen LogP contribution in [0.25, 0.3) is 0 Å². The maximum absolute atomic E-state index is 11.2. The number of hydrogen-bond donors (Lipinski definition) is 0. The molecule has 0 bridgehead atoms. The van der Waals surface area contributed by atoms with Crippen LogP contribution >= 0.6 is 15.9 Å². The molecule has 62 valence electrons. The van der Waals surface area contributed by atoms with Crippen LogP contribution in [0.2, 0.25) is 0 Å². The first-order valence-electron chi connectivity index (χ1n) is 3.60. The van der Waals surface area contributed by atoms with Crippen molar-refractivity contribution >= 4 is 27.7 Å². The number of carbonyl (C=O) groups is 1. The van der Waals surface area contributed by atoms with Crippen LogP contribution in [0.15, 0.2) is 16.7 Å². The van der Waals surface area contributed by atoms with Gasteiger partial charge in [0.1, 0.15) is 10.4 Å². The summed E-state index contributed by atoms with van der Waals surface area (Å²) in [5, 5.41) is 0. The molecule has 1 amide bonds. The first-order chi connectivity index (χ1) is 5.68. The average Bonchev–Trinajstić information content (AvgIpc) is 2.31. The maximum atomic E-state index is 11.2. The Labute approximate surface area is 78.5 Å². The van der Waals surface area contributed by atoms with E-state index in [2.05, 4.69) is 20.9 Å². The van der Waals surface area contributed by atoms with Crippen molar-refractivity contribution in [3.63, 3.8) is 0 Å². The van der Waals surface area contributed by atoms with E-state index in [0.717, 1.165) is 16.0 Å². The van der Waals surface area contributed by atoms with Gasteiger partial charge >= 0.3 is 0 Å². The van der Waals surface area contributed by atoms with Gasteiger partial charge in [0.25, 0.3) is 0 Å². The van der Waals surface area contributed by atoms with Gasteiger partial charge in [-0.25, -0.2) is 4.98 Å². The number of rotatable bonds is 0. The molecule has 2 heterocycles. The lowest BCUT2D eigenvalue weighted by Crippen LogP contribution is -2.21. The van der Waals surface area contributed by atoms with E-state index in [9.17, 15) is 4.79 Å². The van der Waals surface area contributed by atoms with Gasteiger partial charge in [0.05, 0.1) is 6.42 Å². The summed E-state index contributed by atoms with van der Waals surface area (Å²) < 4.78 is 0.766. The summed E-state index contributed by atoms with van der Waals surface area (Å²) in [6, 6.07) is 3.78. The van der Waals surface area contributed by atoms with Crippen LogP contribution in [-0.2, 0) is 11.2 Å². The third-order valence-corrected chi connectivity index (χ3v) is 2.40. The molecule has 0 N–H and O–H groups in total. The van der Waals surface area contributed by atoms with Gasteiger partial charge in [0.15, 0.2) is 0 Å². The number of aromatic nitrogens is 1. The highest BCUT2D eigenvalue weighted by Gasteiger charge is 2.24. The monoisotopic (exact) mass is 226 g/mol. The Hall–Kier alpha value is -0.900. The fraction of sp³-hybridized carbons (Fsp3) is 0.250. The molecule has 0 aromatic carbocycles. The Morgan fingerprint density at radius 1 is 1.58 bits per heavy atom.